The van der Waals surface area contributed by atoms with E-state index in [1.165, 1.54) is 0 Å². The van der Waals surface area contributed by atoms with Crippen LogP contribution in [-0.4, -0.2) is 23.2 Å². The fraction of sp³-hybridized carbons (Fsp3) is 0.267. The predicted molar refractivity (Wildman–Crippen MR) is 73.9 cm³/mol. The summed E-state index contributed by atoms with van der Waals surface area (Å²) >= 11 is 0. The maximum absolute atomic E-state index is 12.1. The monoisotopic (exact) mass is 256 g/mol. The molecular formula is C15H16N2O2. The van der Waals surface area contributed by atoms with Crippen LogP contribution < -0.4 is 5.32 Å². The Morgan fingerprint density at radius 2 is 1.95 bits per heavy atom. The normalized spacial score (nSPS) is 10.7. The van der Waals surface area contributed by atoms with E-state index in [2.05, 4.69) is 10.3 Å². The maximum atomic E-state index is 12.1. The molecule has 2 aromatic rings. The molecule has 4 nitrogen and oxygen atoms in total. The molecule has 0 saturated carbocycles. The first-order chi connectivity index (χ1) is 9.09. The number of para-hydroxylation sites is 1. The highest BCUT2D eigenvalue weighted by Gasteiger charge is 2.13. The molecule has 0 aliphatic carbocycles. The number of amides is 1. The number of fused-ring (bicyclic) bond motifs is 1. The number of Topliss-reactive ketones (excluding diaryl/α,β-unsaturated/α-hetero) is 1. The van der Waals surface area contributed by atoms with Gasteiger partial charge in [0, 0.05) is 17.5 Å². The van der Waals surface area contributed by atoms with Crippen molar-refractivity contribution in [2.45, 2.75) is 13.8 Å². The van der Waals surface area contributed by atoms with Crippen molar-refractivity contribution >= 4 is 22.6 Å². The molecule has 0 radical (unpaired) electrons. The van der Waals surface area contributed by atoms with Crippen LogP contribution in [-0.2, 0) is 4.79 Å². The zero-order chi connectivity index (χ0) is 13.8. The van der Waals surface area contributed by atoms with Gasteiger partial charge in [0.1, 0.15) is 0 Å². The Morgan fingerprint density at radius 1 is 1.21 bits per heavy atom. The zero-order valence-corrected chi connectivity index (χ0v) is 11.0. The molecule has 0 unspecified atom stereocenters. The van der Waals surface area contributed by atoms with Crippen LogP contribution >= 0.6 is 0 Å². The number of benzene rings is 1. The Bertz CT molecular complexity index is 615. The molecule has 0 saturated heterocycles. The van der Waals surface area contributed by atoms with Gasteiger partial charge in [-0.2, -0.15) is 0 Å². The maximum Gasteiger partial charge on any atom is 0.253 e. The minimum Gasteiger partial charge on any atom is -0.345 e. The first kappa shape index (κ1) is 13.2. The zero-order valence-electron chi connectivity index (χ0n) is 11.0. The third-order valence-corrected chi connectivity index (χ3v) is 2.94. The summed E-state index contributed by atoms with van der Waals surface area (Å²) in [6.45, 7) is 3.68. The second-order valence-electron chi connectivity index (χ2n) is 4.68. The van der Waals surface area contributed by atoms with Gasteiger partial charge in [0.15, 0.2) is 5.78 Å². The van der Waals surface area contributed by atoms with Gasteiger partial charge in [-0.15, -0.1) is 0 Å². The molecule has 0 atom stereocenters. The number of ketones is 1. The highest BCUT2D eigenvalue weighted by Crippen LogP contribution is 2.15. The van der Waals surface area contributed by atoms with Crippen LogP contribution in [0.4, 0.5) is 0 Å². The van der Waals surface area contributed by atoms with E-state index >= 15 is 0 Å². The summed E-state index contributed by atoms with van der Waals surface area (Å²) in [5.41, 5.74) is 1.15. The molecule has 1 amide bonds. The van der Waals surface area contributed by atoms with Crippen molar-refractivity contribution in [2.24, 2.45) is 5.92 Å². The molecule has 0 aliphatic heterocycles. The average molecular weight is 256 g/mol. The van der Waals surface area contributed by atoms with Crippen molar-refractivity contribution in [1.29, 1.82) is 0 Å². The molecule has 1 aromatic heterocycles. The quantitative estimate of drug-likeness (QED) is 0.912. The van der Waals surface area contributed by atoms with Crippen LogP contribution in [0.5, 0.6) is 0 Å². The summed E-state index contributed by atoms with van der Waals surface area (Å²) < 4.78 is 0. The Balaban J connectivity index is 2.20. The van der Waals surface area contributed by atoms with Gasteiger partial charge < -0.3 is 5.32 Å². The van der Waals surface area contributed by atoms with E-state index in [-0.39, 0.29) is 24.2 Å². The van der Waals surface area contributed by atoms with Crippen LogP contribution in [0.3, 0.4) is 0 Å². The summed E-state index contributed by atoms with van der Waals surface area (Å²) in [5.74, 6) is -0.328. The van der Waals surface area contributed by atoms with E-state index in [0.29, 0.717) is 11.1 Å². The van der Waals surface area contributed by atoms with Crippen LogP contribution in [0, 0.1) is 5.92 Å². The molecule has 19 heavy (non-hydrogen) atoms. The molecule has 0 spiro atoms. The van der Waals surface area contributed by atoms with Crippen molar-refractivity contribution in [3.05, 3.63) is 42.1 Å². The first-order valence-electron chi connectivity index (χ1n) is 6.24. The van der Waals surface area contributed by atoms with Gasteiger partial charge in [0.2, 0.25) is 0 Å². The Kier molecular flexibility index (Phi) is 3.90. The molecule has 0 fully saturated rings. The predicted octanol–water partition coefficient (Wildman–Crippen LogP) is 2.19. The van der Waals surface area contributed by atoms with Crippen LogP contribution in [0.1, 0.15) is 24.2 Å². The van der Waals surface area contributed by atoms with E-state index in [4.69, 9.17) is 0 Å². The summed E-state index contributed by atoms with van der Waals surface area (Å²) in [6, 6.07) is 9.15. The fourth-order valence-electron chi connectivity index (χ4n) is 1.75. The Labute approximate surface area is 111 Å². The lowest BCUT2D eigenvalue weighted by molar-refractivity contribution is -0.120. The third kappa shape index (κ3) is 2.96. The summed E-state index contributed by atoms with van der Waals surface area (Å²) in [4.78, 5) is 27.8. The summed E-state index contributed by atoms with van der Waals surface area (Å²) in [5, 5.41) is 3.55. The summed E-state index contributed by atoms with van der Waals surface area (Å²) in [6.07, 6.45) is 1.65. The van der Waals surface area contributed by atoms with Crippen molar-refractivity contribution in [3.63, 3.8) is 0 Å². The lowest BCUT2D eigenvalue weighted by Gasteiger charge is -2.08. The number of hydrogen-bond acceptors (Lipinski definition) is 3. The van der Waals surface area contributed by atoms with Gasteiger partial charge in [0.25, 0.3) is 5.91 Å². The number of carbonyl (C=O) groups is 2. The molecule has 4 heteroatoms. The van der Waals surface area contributed by atoms with Crippen molar-refractivity contribution in [3.8, 4) is 0 Å². The van der Waals surface area contributed by atoms with Crippen molar-refractivity contribution in [2.75, 3.05) is 6.54 Å². The van der Waals surface area contributed by atoms with Crippen molar-refractivity contribution in [1.82, 2.24) is 10.3 Å². The van der Waals surface area contributed by atoms with Gasteiger partial charge >= 0.3 is 0 Å². The van der Waals surface area contributed by atoms with Gasteiger partial charge in [0.05, 0.1) is 17.6 Å². The lowest BCUT2D eigenvalue weighted by Crippen LogP contribution is -2.31. The Morgan fingerprint density at radius 3 is 2.68 bits per heavy atom. The van der Waals surface area contributed by atoms with E-state index in [9.17, 15) is 9.59 Å². The topological polar surface area (TPSA) is 59.1 Å². The molecular weight excluding hydrogens is 240 g/mol. The number of pyridine rings is 1. The molecule has 2 rings (SSSR count). The van der Waals surface area contributed by atoms with E-state index < -0.39 is 0 Å². The number of nitrogens with one attached hydrogen (secondary N) is 1. The minimum atomic E-state index is -0.265. The van der Waals surface area contributed by atoms with E-state index in [0.717, 1.165) is 5.39 Å². The lowest BCUT2D eigenvalue weighted by atomic mass is 10.1. The smallest absolute Gasteiger partial charge is 0.253 e. The average Bonchev–Trinajstić information content (AvgIpc) is 2.43. The fourth-order valence-corrected chi connectivity index (χ4v) is 1.75. The molecule has 1 heterocycles. The number of carbonyl (C=O) groups excluding carboxylic acids is 2. The van der Waals surface area contributed by atoms with Crippen LogP contribution in [0.15, 0.2) is 36.5 Å². The first-order valence-corrected chi connectivity index (χ1v) is 6.24. The molecule has 1 N–H and O–H groups in total. The molecule has 0 bridgehead atoms. The molecule has 0 aliphatic rings. The van der Waals surface area contributed by atoms with Crippen LogP contribution in [0.2, 0.25) is 0 Å². The number of nitrogens with zero attached hydrogens (tertiary/aromatic N) is 1. The summed E-state index contributed by atoms with van der Waals surface area (Å²) in [7, 11) is 0. The van der Waals surface area contributed by atoms with Crippen molar-refractivity contribution < 1.29 is 9.59 Å². The largest absolute Gasteiger partial charge is 0.345 e. The minimum absolute atomic E-state index is 0.0153. The second kappa shape index (κ2) is 5.61. The second-order valence-corrected chi connectivity index (χ2v) is 4.68. The highest BCUT2D eigenvalue weighted by molar-refractivity contribution is 6.06. The van der Waals surface area contributed by atoms with E-state index in [1.807, 2.05) is 38.1 Å². The Hall–Kier alpha value is -2.23. The standard InChI is InChI=1S/C15H16N2O2/c1-10(2)13(18)9-17-15(19)12-7-3-5-11-6-4-8-16-14(11)12/h3-8,10H,9H2,1-2H3,(H,17,19). The SMILES string of the molecule is CC(C)C(=O)CNC(=O)c1cccc2cccnc12. The molecule has 1 aromatic carbocycles. The third-order valence-electron chi connectivity index (χ3n) is 2.94. The van der Waals surface area contributed by atoms with Gasteiger partial charge in [-0.1, -0.05) is 32.0 Å². The van der Waals surface area contributed by atoms with Crippen LogP contribution in [0.25, 0.3) is 10.9 Å². The number of rotatable bonds is 4. The number of aromatic nitrogens is 1. The molecule has 98 valence electrons. The van der Waals surface area contributed by atoms with E-state index in [1.54, 1.807) is 12.3 Å². The number of hydrogen-bond donors (Lipinski definition) is 1. The highest BCUT2D eigenvalue weighted by atomic mass is 16.2. The van der Waals surface area contributed by atoms with Gasteiger partial charge in [-0.3, -0.25) is 14.6 Å². The van der Waals surface area contributed by atoms with Gasteiger partial charge in [-0.25, -0.2) is 0 Å². The van der Waals surface area contributed by atoms with Gasteiger partial charge in [-0.05, 0) is 12.1 Å².